The number of phenols is 1. The molecule has 200 valence electrons. The first kappa shape index (κ1) is 29.3. The molecule has 12 heteroatoms. The molecule has 0 amide bonds. The maximum Gasteiger partial charge on any atom is 0.417 e. The van der Waals surface area contributed by atoms with Gasteiger partial charge in [0.15, 0.2) is 0 Å². The van der Waals surface area contributed by atoms with E-state index in [2.05, 4.69) is 5.32 Å². The van der Waals surface area contributed by atoms with Crippen LogP contribution < -0.4 is 5.32 Å². The Kier molecular flexibility index (Phi) is 9.04. The van der Waals surface area contributed by atoms with Gasteiger partial charge in [-0.15, -0.1) is 0 Å². The van der Waals surface area contributed by atoms with Crippen molar-refractivity contribution in [2.75, 3.05) is 0 Å². The standard InChI is InChI=1S/C15H19NO5.C10H6F4O2/c1-15(2,3)21-14(20)12-10-7-9(17)5-4-8(10)6-11(16-12)13(18)19;11-8-3-1-2-7(10(12,13)14)6(8)4-5-9(15)16/h4-5,7,11-12,16-17H,6H2,1-3H3,(H,18,19);1-5H,(H,15,16). The van der Waals surface area contributed by atoms with Crippen LogP contribution in [0.4, 0.5) is 17.6 Å². The molecule has 0 saturated carbocycles. The molecule has 3 rings (SSSR count). The van der Waals surface area contributed by atoms with Crippen LogP contribution in [0.5, 0.6) is 5.75 Å². The van der Waals surface area contributed by atoms with Gasteiger partial charge in [-0.05, 0) is 68.7 Å². The van der Waals surface area contributed by atoms with E-state index in [1.807, 2.05) is 0 Å². The van der Waals surface area contributed by atoms with Crippen LogP contribution in [0.3, 0.4) is 0 Å². The van der Waals surface area contributed by atoms with E-state index in [4.69, 9.17) is 9.84 Å². The molecule has 1 aliphatic heterocycles. The Balaban J connectivity index is 0.000000271. The molecule has 4 N–H and O–H groups in total. The summed E-state index contributed by atoms with van der Waals surface area (Å²) in [6, 6.07) is 5.25. The number of alkyl halides is 3. The molecule has 2 aromatic carbocycles. The van der Waals surface area contributed by atoms with Gasteiger partial charge in [-0.25, -0.2) is 14.0 Å². The number of hydrogen-bond acceptors (Lipinski definition) is 6. The topological polar surface area (TPSA) is 133 Å². The number of hydrogen-bond donors (Lipinski definition) is 4. The van der Waals surface area contributed by atoms with Crippen molar-refractivity contribution >= 4 is 24.0 Å². The first-order valence-electron chi connectivity index (χ1n) is 10.8. The Labute approximate surface area is 209 Å². The van der Waals surface area contributed by atoms with Crippen LogP contribution >= 0.6 is 0 Å². The molecule has 0 radical (unpaired) electrons. The molecule has 0 spiro atoms. The molecule has 1 heterocycles. The largest absolute Gasteiger partial charge is 0.508 e. The van der Waals surface area contributed by atoms with Crippen molar-refractivity contribution < 1.29 is 52.0 Å². The zero-order chi connectivity index (χ0) is 28.1. The van der Waals surface area contributed by atoms with E-state index in [0.717, 1.165) is 17.7 Å². The molecule has 2 aromatic rings. The molecule has 0 aromatic heterocycles. The van der Waals surface area contributed by atoms with Gasteiger partial charge in [0.1, 0.15) is 29.3 Å². The molecular formula is C25H25F4NO7. The van der Waals surface area contributed by atoms with Crippen molar-refractivity contribution in [1.82, 2.24) is 5.32 Å². The smallest absolute Gasteiger partial charge is 0.417 e. The lowest BCUT2D eigenvalue weighted by Crippen LogP contribution is -2.48. The van der Waals surface area contributed by atoms with E-state index >= 15 is 0 Å². The number of rotatable bonds is 4. The van der Waals surface area contributed by atoms with E-state index in [9.17, 15) is 42.2 Å². The number of nitrogens with one attached hydrogen (secondary N) is 1. The number of carboxylic acid groups (broad SMARTS) is 2. The Morgan fingerprint density at radius 1 is 1.08 bits per heavy atom. The fraction of sp³-hybridized carbons (Fsp3) is 0.320. The minimum atomic E-state index is -4.72. The fourth-order valence-corrected chi connectivity index (χ4v) is 3.43. The molecule has 0 aliphatic carbocycles. The Morgan fingerprint density at radius 3 is 2.27 bits per heavy atom. The highest BCUT2D eigenvalue weighted by atomic mass is 19.4. The molecule has 0 fully saturated rings. The monoisotopic (exact) mass is 527 g/mol. The van der Waals surface area contributed by atoms with Crippen molar-refractivity contribution in [3.8, 4) is 5.75 Å². The number of halogens is 4. The molecule has 2 unspecified atom stereocenters. The summed E-state index contributed by atoms with van der Waals surface area (Å²) in [5, 5.41) is 29.8. The lowest BCUT2D eigenvalue weighted by atomic mass is 9.90. The number of carbonyl (C=O) groups excluding carboxylic acids is 1. The number of esters is 1. The maximum atomic E-state index is 13.1. The summed E-state index contributed by atoms with van der Waals surface area (Å²) < 4.78 is 55.6. The van der Waals surface area contributed by atoms with E-state index in [1.165, 1.54) is 12.1 Å². The van der Waals surface area contributed by atoms with Crippen LogP contribution in [0.25, 0.3) is 6.08 Å². The van der Waals surface area contributed by atoms with E-state index in [-0.39, 0.29) is 12.2 Å². The first-order valence-corrected chi connectivity index (χ1v) is 10.8. The second-order valence-corrected chi connectivity index (χ2v) is 8.98. The highest BCUT2D eigenvalue weighted by molar-refractivity contribution is 5.85. The maximum absolute atomic E-state index is 13.1. The van der Waals surface area contributed by atoms with Crippen molar-refractivity contribution in [2.45, 2.75) is 51.1 Å². The SMILES string of the molecule is CC(C)(C)OC(=O)C1NC(C(=O)O)Cc2ccc(O)cc21.O=C(O)C=Cc1c(F)cccc1C(F)(F)F. The first-order chi connectivity index (χ1) is 17.0. The Bertz CT molecular complexity index is 1200. The van der Waals surface area contributed by atoms with Gasteiger partial charge in [0.05, 0.1) is 5.56 Å². The van der Waals surface area contributed by atoms with Crippen molar-refractivity contribution in [1.29, 1.82) is 0 Å². The number of aliphatic carboxylic acids is 2. The summed E-state index contributed by atoms with van der Waals surface area (Å²) in [7, 11) is 0. The normalized spacial score (nSPS) is 17.4. The summed E-state index contributed by atoms with van der Waals surface area (Å²) in [4.78, 5) is 33.7. The number of fused-ring (bicyclic) bond motifs is 1. The molecule has 37 heavy (non-hydrogen) atoms. The number of aromatic hydroxyl groups is 1. The molecular weight excluding hydrogens is 502 g/mol. The van der Waals surface area contributed by atoms with Crippen LogP contribution in [-0.2, 0) is 31.7 Å². The number of benzene rings is 2. The molecule has 0 bridgehead atoms. The van der Waals surface area contributed by atoms with Gasteiger partial charge < -0.3 is 20.1 Å². The molecule has 2 atom stereocenters. The van der Waals surface area contributed by atoms with Crippen LogP contribution in [0.15, 0.2) is 42.5 Å². The van der Waals surface area contributed by atoms with Crippen LogP contribution in [-0.4, -0.2) is 44.9 Å². The fourth-order valence-electron chi connectivity index (χ4n) is 3.43. The summed E-state index contributed by atoms with van der Waals surface area (Å²) in [5.41, 5.74) is -1.38. The summed E-state index contributed by atoms with van der Waals surface area (Å²) >= 11 is 0. The number of ether oxygens (including phenoxy) is 1. The Hall–Kier alpha value is -3.93. The van der Waals surface area contributed by atoms with Gasteiger partial charge in [-0.1, -0.05) is 12.1 Å². The highest BCUT2D eigenvalue weighted by Crippen LogP contribution is 2.34. The Morgan fingerprint density at radius 2 is 1.73 bits per heavy atom. The summed E-state index contributed by atoms with van der Waals surface area (Å²) in [6.45, 7) is 5.23. The summed E-state index contributed by atoms with van der Waals surface area (Å²) in [5.74, 6) is -4.12. The lowest BCUT2D eigenvalue weighted by Gasteiger charge is -2.32. The average Bonchev–Trinajstić information content (AvgIpc) is 2.75. The van der Waals surface area contributed by atoms with Gasteiger partial charge in [-0.3, -0.25) is 10.1 Å². The van der Waals surface area contributed by atoms with Crippen LogP contribution in [0, 0.1) is 5.82 Å². The minimum Gasteiger partial charge on any atom is -0.508 e. The third kappa shape index (κ3) is 8.31. The summed E-state index contributed by atoms with van der Waals surface area (Å²) in [6.07, 6.45) is -3.43. The van der Waals surface area contributed by atoms with Crippen LogP contribution in [0.2, 0.25) is 0 Å². The molecule has 1 aliphatic rings. The third-order valence-electron chi connectivity index (χ3n) is 4.92. The predicted octanol–water partition coefficient (Wildman–Crippen LogP) is 4.32. The van der Waals surface area contributed by atoms with Crippen LogP contribution in [0.1, 0.15) is 49.1 Å². The second kappa shape index (κ2) is 11.4. The number of phenolic OH excluding ortho intramolecular Hbond substituents is 1. The van der Waals surface area contributed by atoms with Gasteiger partial charge in [-0.2, -0.15) is 13.2 Å². The van der Waals surface area contributed by atoms with Gasteiger partial charge >= 0.3 is 24.1 Å². The van der Waals surface area contributed by atoms with E-state index in [1.54, 1.807) is 26.8 Å². The van der Waals surface area contributed by atoms with Crippen molar-refractivity contribution in [3.63, 3.8) is 0 Å². The predicted molar refractivity (Wildman–Crippen MR) is 123 cm³/mol. The van der Waals surface area contributed by atoms with Gasteiger partial charge in [0.2, 0.25) is 0 Å². The lowest BCUT2D eigenvalue weighted by molar-refractivity contribution is -0.158. The zero-order valence-electron chi connectivity index (χ0n) is 20.0. The second-order valence-electron chi connectivity index (χ2n) is 8.98. The van der Waals surface area contributed by atoms with Gasteiger partial charge in [0.25, 0.3) is 0 Å². The van der Waals surface area contributed by atoms with Crippen molar-refractivity contribution in [2.24, 2.45) is 0 Å². The molecule has 0 saturated heterocycles. The average molecular weight is 527 g/mol. The minimum absolute atomic E-state index is 0.0258. The number of carbonyl (C=O) groups is 3. The van der Waals surface area contributed by atoms with Gasteiger partial charge in [0, 0.05) is 11.6 Å². The quantitative estimate of drug-likeness (QED) is 0.263. The molecule has 8 nitrogen and oxygen atoms in total. The van der Waals surface area contributed by atoms with E-state index < -0.39 is 58.7 Å². The highest BCUT2D eigenvalue weighted by Gasteiger charge is 2.37. The third-order valence-corrected chi connectivity index (χ3v) is 4.92. The zero-order valence-corrected chi connectivity index (χ0v) is 20.0. The van der Waals surface area contributed by atoms with E-state index in [0.29, 0.717) is 23.8 Å². The number of carboxylic acids is 2. The van der Waals surface area contributed by atoms with Crippen molar-refractivity contribution in [3.05, 3.63) is 70.5 Å².